The molecule has 1 heterocycles. The van der Waals surface area contributed by atoms with Crippen molar-refractivity contribution in [1.29, 1.82) is 0 Å². The van der Waals surface area contributed by atoms with E-state index in [0.29, 0.717) is 24.5 Å². The number of rotatable bonds is 6. The first-order valence-electron chi connectivity index (χ1n) is 6.31. The fraction of sp³-hybridized carbons (Fsp3) is 0.462. The molecule has 0 radical (unpaired) electrons. The molecule has 2 rings (SSSR count). The van der Waals surface area contributed by atoms with Crippen molar-refractivity contribution in [3.63, 3.8) is 0 Å². The first kappa shape index (κ1) is 14.3. The van der Waals surface area contributed by atoms with Crippen LogP contribution in [0.4, 0.5) is 5.69 Å². The van der Waals surface area contributed by atoms with E-state index in [0.717, 1.165) is 12.4 Å². The van der Waals surface area contributed by atoms with Crippen molar-refractivity contribution in [3.05, 3.63) is 33.9 Å². The lowest BCUT2D eigenvalue weighted by atomic mass is 10.2. The fourth-order valence-electron chi connectivity index (χ4n) is 2.03. The highest BCUT2D eigenvalue weighted by Gasteiger charge is 2.23. The average molecular weight is 279 g/mol. The van der Waals surface area contributed by atoms with Crippen LogP contribution in [0.2, 0.25) is 0 Å². The van der Waals surface area contributed by atoms with E-state index in [1.54, 1.807) is 26.2 Å². The van der Waals surface area contributed by atoms with Crippen LogP contribution in [0.25, 0.3) is 0 Å². The highest BCUT2D eigenvalue weighted by molar-refractivity contribution is 5.88. The van der Waals surface area contributed by atoms with Gasteiger partial charge in [-0.05, 0) is 13.0 Å². The Balaban J connectivity index is 2.22. The van der Waals surface area contributed by atoms with Crippen molar-refractivity contribution in [1.82, 2.24) is 5.32 Å². The maximum absolute atomic E-state index is 10.9. The van der Waals surface area contributed by atoms with Crippen LogP contribution < -0.4 is 10.1 Å². The van der Waals surface area contributed by atoms with Crippen molar-refractivity contribution in [3.8, 4) is 5.75 Å². The third-order valence-electron chi connectivity index (χ3n) is 3.04. The van der Waals surface area contributed by atoms with Crippen LogP contribution in [0.5, 0.6) is 5.75 Å². The summed E-state index contributed by atoms with van der Waals surface area (Å²) in [6.45, 7) is 3.47. The molecule has 7 heteroatoms. The van der Waals surface area contributed by atoms with E-state index in [2.05, 4.69) is 10.3 Å². The highest BCUT2D eigenvalue weighted by atomic mass is 16.6. The summed E-state index contributed by atoms with van der Waals surface area (Å²) in [6, 6.07) is 4.77. The zero-order chi connectivity index (χ0) is 14.5. The monoisotopic (exact) mass is 279 g/mol. The molecule has 1 atom stereocenters. The Bertz CT molecular complexity index is 530. The molecule has 0 aromatic heterocycles. The minimum Gasteiger partial charge on any atom is -0.480 e. The number of aliphatic imine (C=N–C) groups is 1. The number of ether oxygens (including phenoxy) is 2. The van der Waals surface area contributed by atoms with Crippen molar-refractivity contribution in [2.45, 2.75) is 13.0 Å². The molecular weight excluding hydrogens is 262 g/mol. The number of benzene rings is 1. The number of nitrogens with one attached hydrogen (secondary N) is 1. The van der Waals surface area contributed by atoms with Crippen LogP contribution in [-0.4, -0.2) is 43.7 Å². The molecule has 1 unspecified atom stereocenters. The SMILES string of the molecule is COCC(Oc1cccc([N+](=O)[O-])c1C)C1=NCCN1. The summed E-state index contributed by atoms with van der Waals surface area (Å²) >= 11 is 0. The lowest BCUT2D eigenvalue weighted by Gasteiger charge is -2.19. The highest BCUT2D eigenvalue weighted by Crippen LogP contribution is 2.28. The van der Waals surface area contributed by atoms with E-state index in [9.17, 15) is 10.1 Å². The average Bonchev–Trinajstić information content (AvgIpc) is 2.94. The number of nitro groups is 1. The van der Waals surface area contributed by atoms with Gasteiger partial charge in [0, 0.05) is 19.7 Å². The quantitative estimate of drug-likeness (QED) is 0.626. The van der Waals surface area contributed by atoms with Gasteiger partial charge in [0.25, 0.3) is 5.69 Å². The summed E-state index contributed by atoms with van der Waals surface area (Å²) in [7, 11) is 1.58. The number of nitro benzene ring substituents is 1. The van der Waals surface area contributed by atoms with Crippen molar-refractivity contribution >= 4 is 11.5 Å². The number of hydrogen-bond donors (Lipinski definition) is 1. The number of methoxy groups -OCH3 is 1. The summed E-state index contributed by atoms with van der Waals surface area (Å²) < 4.78 is 11.0. The molecule has 0 amide bonds. The summed E-state index contributed by atoms with van der Waals surface area (Å²) in [6.07, 6.45) is -0.386. The van der Waals surface area contributed by atoms with E-state index >= 15 is 0 Å². The third-order valence-corrected chi connectivity index (χ3v) is 3.04. The van der Waals surface area contributed by atoms with Crippen LogP contribution in [0.1, 0.15) is 5.56 Å². The van der Waals surface area contributed by atoms with Gasteiger partial charge in [0.2, 0.25) is 0 Å². The number of nitrogens with zero attached hydrogens (tertiary/aromatic N) is 2. The number of hydrogen-bond acceptors (Lipinski definition) is 6. The molecule has 0 spiro atoms. The zero-order valence-corrected chi connectivity index (χ0v) is 11.5. The summed E-state index contributed by atoms with van der Waals surface area (Å²) in [5, 5.41) is 14.1. The first-order chi connectivity index (χ1) is 9.63. The van der Waals surface area contributed by atoms with Crippen LogP contribution in [0.3, 0.4) is 0 Å². The molecule has 1 aromatic carbocycles. The van der Waals surface area contributed by atoms with E-state index in [1.165, 1.54) is 6.07 Å². The molecular formula is C13H17N3O4. The summed E-state index contributed by atoms with van der Waals surface area (Å²) in [4.78, 5) is 14.8. The Morgan fingerprint density at radius 1 is 1.55 bits per heavy atom. The Kier molecular flexibility index (Phi) is 4.52. The van der Waals surface area contributed by atoms with Crippen LogP contribution in [0.15, 0.2) is 23.2 Å². The lowest BCUT2D eigenvalue weighted by molar-refractivity contribution is -0.385. The molecule has 1 aliphatic heterocycles. The van der Waals surface area contributed by atoms with E-state index in [1.807, 2.05) is 0 Å². The minimum atomic E-state index is -0.418. The molecule has 1 N–H and O–H groups in total. The van der Waals surface area contributed by atoms with Gasteiger partial charge < -0.3 is 14.8 Å². The van der Waals surface area contributed by atoms with Gasteiger partial charge in [-0.1, -0.05) is 6.07 Å². The van der Waals surface area contributed by atoms with Crippen molar-refractivity contribution in [2.24, 2.45) is 4.99 Å². The molecule has 1 aliphatic rings. The van der Waals surface area contributed by atoms with Gasteiger partial charge >= 0.3 is 0 Å². The predicted octanol–water partition coefficient (Wildman–Crippen LogP) is 1.30. The molecule has 20 heavy (non-hydrogen) atoms. The molecule has 108 valence electrons. The zero-order valence-electron chi connectivity index (χ0n) is 11.5. The van der Waals surface area contributed by atoms with Gasteiger partial charge in [-0.2, -0.15) is 0 Å². The van der Waals surface area contributed by atoms with Crippen molar-refractivity contribution in [2.75, 3.05) is 26.8 Å². The van der Waals surface area contributed by atoms with Gasteiger partial charge in [0.05, 0.1) is 23.6 Å². The van der Waals surface area contributed by atoms with Gasteiger partial charge in [-0.3, -0.25) is 15.1 Å². The van der Waals surface area contributed by atoms with Crippen LogP contribution in [-0.2, 0) is 4.74 Å². The molecule has 0 bridgehead atoms. The van der Waals surface area contributed by atoms with Gasteiger partial charge in [-0.15, -0.1) is 0 Å². The maximum Gasteiger partial charge on any atom is 0.276 e. The summed E-state index contributed by atoms with van der Waals surface area (Å²) in [5.74, 6) is 1.19. The Morgan fingerprint density at radius 2 is 2.35 bits per heavy atom. The van der Waals surface area contributed by atoms with Crippen molar-refractivity contribution < 1.29 is 14.4 Å². The largest absolute Gasteiger partial charge is 0.480 e. The summed E-state index contributed by atoms with van der Waals surface area (Å²) in [5.41, 5.74) is 0.539. The molecule has 0 saturated carbocycles. The maximum atomic E-state index is 10.9. The second-order valence-corrected chi connectivity index (χ2v) is 4.41. The van der Waals surface area contributed by atoms with Crippen LogP contribution in [0, 0.1) is 17.0 Å². The predicted molar refractivity (Wildman–Crippen MR) is 74.4 cm³/mol. The molecule has 7 nitrogen and oxygen atoms in total. The lowest BCUT2D eigenvalue weighted by Crippen LogP contribution is -2.39. The van der Waals surface area contributed by atoms with Gasteiger partial charge in [0.15, 0.2) is 6.10 Å². The number of amidine groups is 1. The van der Waals surface area contributed by atoms with Gasteiger partial charge in [0.1, 0.15) is 11.6 Å². The second kappa shape index (κ2) is 6.33. The molecule has 0 aliphatic carbocycles. The van der Waals surface area contributed by atoms with E-state index in [4.69, 9.17) is 9.47 Å². The molecule has 0 fully saturated rings. The second-order valence-electron chi connectivity index (χ2n) is 4.41. The van der Waals surface area contributed by atoms with Gasteiger partial charge in [-0.25, -0.2) is 0 Å². The Morgan fingerprint density at radius 3 is 2.95 bits per heavy atom. The van der Waals surface area contributed by atoms with E-state index < -0.39 is 4.92 Å². The minimum absolute atomic E-state index is 0.0417. The first-order valence-corrected chi connectivity index (χ1v) is 6.31. The third kappa shape index (κ3) is 3.05. The smallest absolute Gasteiger partial charge is 0.276 e. The Hall–Kier alpha value is -2.15. The Labute approximate surface area is 116 Å². The van der Waals surface area contributed by atoms with Crippen LogP contribution >= 0.6 is 0 Å². The topological polar surface area (TPSA) is 86.0 Å². The standard InChI is InChI=1S/C13H17N3O4/c1-9-10(16(17)18)4-3-5-11(9)20-12(8-19-2)13-14-6-7-15-13/h3-5,12H,6-8H2,1-2H3,(H,14,15). The van der Waals surface area contributed by atoms with E-state index in [-0.39, 0.29) is 11.8 Å². The fourth-order valence-corrected chi connectivity index (χ4v) is 2.03. The molecule has 1 aromatic rings. The normalized spacial score (nSPS) is 15.4. The molecule has 0 saturated heterocycles.